The van der Waals surface area contributed by atoms with Crippen LogP contribution in [0.5, 0.6) is 0 Å². The molecule has 2 aromatic carbocycles. The minimum atomic E-state index is -3.81. The van der Waals surface area contributed by atoms with Crippen LogP contribution < -0.4 is 5.32 Å². The molecule has 0 radical (unpaired) electrons. The molecule has 144 valence electrons. The lowest BCUT2D eigenvalue weighted by molar-refractivity contribution is -0.118. The van der Waals surface area contributed by atoms with Crippen LogP contribution in [-0.4, -0.2) is 39.3 Å². The molecule has 1 saturated carbocycles. The number of amides is 1. The van der Waals surface area contributed by atoms with Gasteiger partial charge in [0.15, 0.2) is 14.6 Å². The van der Waals surface area contributed by atoms with E-state index in [1.165, 1.54) is 11.0 Å². The van der Waals surface area contributed by atoms with Crippen molar-refractivity contribution in [1.29, 1.82) is 0 Å². The number of nitrogens with one attached hydrogen (secondary N) is 1. The predicted molar refractivity (Wildman–Crippen MR) is 103 cm³/mol. The molecule has 28 heavy (non-hydrogen) atoms. The number of rotatable bonds is 5. The van der Waals surface area contributed by atoms with Crippen LogP contribution in [0.2, 0.25) is 0 Å². The van der Waals surface area contributed by atoms with Gasteiger partial charge >= 0.3 is 0 Å². The van der Waals surface area contributed by atoms with Crippen molar-refractivity contribution >= 4 is 21.4 Å². The van der Waals surface area contributed by atoms with Crippen LogP contribution >= 0.6 is 0 Å². The summed E-state index contributed by atoms with van der Waals surface area (Å²) in [4.78, 5) is 13.3. The maximum absolute atomic E-state index is 13.3. The highest BCUT2D eigenvalue weighted by atomic mass is 32.2. The Hall–Kier alpha value is -3.07. The number of hydrogen-bond donors (Lipinski definition) is 1. The molecular weight excluding hydrogens is 378 g/mol. The van der Waals surface area contributed by atoms with Gasteiger partial charge in [-0.05, 0) is 59.7 Å². The van der Waals surface area contributed by atoms with E-state index in [2.05, 4.69) is 20.8 Å². The lowest BCUT2D eigenvalue weighted by Gasteiger charge is -2.27. The monoisotopic (exact) mass is 397 g/mol. The number of tetrazole rings is 1. The molecule has 0 bridgehead atoms. The maximum Gasteiger partial charge on any atom is 0.246 e. The number of anilines is 1. The SMILES string of the molecule is O=C(Nc1ccc(-n2cnnn2)cc1)C1(S(=O)(=O)c2ccccc2)CCCC1. The number of sulfone groups is 1. The molecule has 1 heterocycles. The third-order valence-electron chi connectivity index (χ3n) is 5.13. The average molecular weight is 397 g/mol. The summed E-state index contributed by atoms with van der Waals surface area (Å²) in [5, 5.41) is 13.8. The summed E-state index contributed by atoms with van der Waals surface area (Å²) in [6.45, 7) is 0. The van der Waals surface area contributed by atoms with E-state index in [9.17, 15) is 13.2 Å². The second-order valence-corrected chi connectivity index (χ2v) is 9.03. The Kier molecular flexibility index (Phi) is 4.68. The topological polar surface area (TPSA) is 107 Å². The minimum absolute atomic E-state index is 0.182. The summed E-state index contributed by atoms with van der Waals surface area (Å²) in [5.74, 6) is -0.482. The van der Waals surface area contributed by atoms with Gasteiger partial charge in [-0.15, -0.1) is 5.10 Å². The first-order chi connectivity index (χ1) is 13.5. The summed E-state index contributed by atoms with van der Waals surface area (Å²) < 4.78 is 26.7. The van der Waals surface area contributed by atoms with Crippen molar-refractivity contribution in [1.82, 2.24) is 20.2 Å². The van der Waals surface area contributed by atoms with Crippen LogP contribution in [0.4, 0.5) is 5.69 Å². The van der Waals surface area contributed by atoms with Gasteiger partial charge in [0.05, 0.1) is 10.6 Å². The van der Waals surface area contributed by atoms with Crippen molar-refractivity contribution in [2.45, 2.75) is 35.3 Å². The Morgan fingerprint density at radius 3 is 2.29 bits per heavy atom. The first kappa shape index (κ1) is 18.3. The molecule has 0 saturated heterocycles. The number of nitrogens with zero attached hydrogens (tertiary/aromatic N) is 4. The quantitative estimate of drug-likeness (QED) is 0.708. The van der Waals surface area contributed by atoms with Gasteiger partial charge in [0.1, 0.15) is 6.33 Å². The van der Waals surface area contributed by atoms with Crippen LogP contribution in [0.1, 0.15) is 25.7 Å². The zero-order valence-electron chi connectivity index (χ0n) is 15.0. The van der Waals surface area contributed by atoms with Crippen LogP contribution in [0, 0.1) is 0 Å². The molecule has 1 aliphatic rings. The summed E-state index contributed by atoms with van der Waals surface area (Å²) in [7, 11) is -3.81. The first-order valence-corrected chi connectivity index (χ1v) is 10.5. The molecule has 9 heteroatoms. The van der Waals surface area contributed by atoms with Crippen molar-refractivity contribution in [3.63, 3.8) is 0 Å². The Labute approximate surface area is 162 Å². The van der Waals surface area contributed by atoms with E-state index in [0.717, 1.165) is 5.69 Å². The summed E-state index contributed by atoms with van der Waals surface area (Å²) in [5.41, 5.74) is 1.26. The third-order valence-corrected chi connectivity index (χ3v) is 7.65. The van der Waals surface area contributed by atoms with Crippen LogP contribution in [0.15, 0.2) is 65.8 Å². The molecule has 0 atom stereocenters. The zero-order valence-corrected chi connectivity index (χ0v) is 15.8. The van der Waals surface area contributed by atoms with Gasteiger partial charge in [-0.1, -0.05) is 31.0 Å². The first-order valence-electron chi connectivity index (χ1n) is 8.97. The highest BCUT2D eigenvalue weighted by Crippen LogP contribution is 2.41. The Bertz CT molecular complexity index is 1060. The molecule has 8 nitrogen and oxygen atoms in total. The lowest BCUT2D eigenvalue weighted by atomic mass is 10.1. The number of carbonyl (C=O) groups excluding carboxylic acids is 1. The van der Waals surface area contributed by atoms with Gasteiger partial charge < -0.3 is 5.32 Å². The molecule has 0 aliphatic heterocycles. The number of hydrogen-bond acceptors (Lipinski definition) is 6. The van der Waals surface area contributed by atoms with Gasteiger partial charge in [0.2, 0.25) is 5.91 Å². The number of aromatic nitrogens is 4. The maximum atomic E-state index is 13.3. The highest BCUT2D eigenvalue weighted by Gasteiger charge is 2.52. The van der Waals surface area contributed by atoms with Gasteiger partial charge in [0, 0.05) is 5.69 Å². The third kappa shape index (κ3) is 3.07. The fourth-order valence-corrected chi connectivity index (χ4v) is 5.70. The second kappa shape index (κ2) is 7.16. The van der Waals surface area contributed by atoms with Gasteiger partial charge in [-0.25, -0.2) is 13.1 Å². The molecule has 0 spiro atoms. The van der Waals surface area contributed by atoms with E-state index < -0.39 is 20.5 Å². The molecule has 1 N–H and O–H groups in total. The molecular formula is C19H19N5O3S. The van der Waals surface area contributed by atoms with E-state index in [1.807, 2.05) is 0 Å². The van der Waals surface area contributed by atoms with Crippen LogP contribution in [-0.2, 0) is 14.6 Å². The van der Waals surface area contributed by atoms with E-state index in [4.69, 9.17) is 0 Å². The van der Waals surface area contributed by atoms with Crippen molar-refractivity contribution in [2.75, 3.05) is 5.32 Å². The van der Waals surface area contributed by atoms with E-state index in [0.29, 0.717) is 31.4 Å². The van der Waals surface area contributed by atoms with Crippen LogP contribution in [0.3, 0.4) is 0 Å². The minimum Gasteiger partial charge on any atom is -0.325 e. The Balaban J connectivity index is 1.61. The van der Waals surface area contributed by atoms with Crippen molar-refractivity contribution in [3.05, 3.63) is 60.9 Å². The van der Waals surface area contributed by atoms with E-state index in [1.54, 1.807) is 54.6 Å². The molecule has 1 amide bonds. The zero-order chi connectivity index (χ0) is 19.6. The van der Waals surface area contributed by atoms with Gasteiger partial charge in [0.25, 0.3) is 0 Å². The second-order valence-electron chi connectivity index (χ2n) is 6.77. The lowest BCUT2D eigenvalue weighted by Crippen LogP contribution is -2.47. The average Bonchev–Trinajstić information content (AvgIpc) is 3.42. The largest absolute Gasteiger partial charge is 0.325 e. The smallest absolute Gasteiger partial charge is 0.246 e. The Morgan fingerprint density at radius 2 is 1.68 bits per heavy atom. The van der Waals surface area contributed by atoms with Crippen molar-refractivity contribution in [3.8, 4) is 5.69 Å². The summed E-state index contributed by atoms with van der Waals surface area (Å²) in [6.07, 6.45) is 3.51. The molecule has 0 unspecified atom stereocenters. The molecule has 1 fully saturated rings. The molecule has 4 rings (SSSR count). The van der Waals surface area contributed by atoms with E-state index >= 15 is 0 Å². The van der Waals surface area contributed by atoms with Gasteiger partial charge in [-0.2, -0.15) is 0 Å². The van der Waals surface area contributed by atoms with Gasteiger partial charge in [-0.3, -0.25) is 4.79 Å². The standard InChI is InChI=1S/C19H19N5O3S/c25-18(21-15-8-10-16(11-9-15)24-14-20-22-23-24)19(12-4-5-13-19)28(26,27)17-6-2-1-3-7-17/h1-3,6-11,14H,4-5,12-13H2,(H,21,25). The van der Waals surface area contributed by atoms with Crippen molar-refractivity contribution < 1.29 is 13.2 Å². The predicted octanol–water partition coefficient (Wildman–Crippen LogP) is 2.39. The Morgan fingerprint density at radius 1 is 1.00 bits per heavy atom. The number of carbonyl (C=O) groups is 1. The van der Waals surface area contributed by atoms with Crippen LogP contribution in [0.25, 0.3) is 5.69 Å². The highest BCUT2D eigenvalue weighted by molar-refractivity contribution is 7.93. The fourth-order valence-electron chi connectivity index (χ4n) is 3.61. The van der Waals surface area contributed by atoms with Crippen molar-refractivity contribution in [2.24, 2.45) is 0 Å². The summed E-state index contributed by atoms with van der Waals surface area (Å²) >= 11 is 0. The molecule has 1 aliphatic carbocycles. The molecule has 1 aromatic heterocycles. The normalized spacial score (nSPS) is 16.0. The summed E-state index contributed by atoms with van der Waals surface area (Å²) in [6, 6.07) is 15.1. The fraction of sp³-hybridized carbons (Fsp3) is 0.263. The van der Waals surface area contributed by atoms with E-state index in [-0.39, 0.29) is 4.90 Å². The molecule has 3 aromatic rings. The number of benzene rings is 2.